The van der Waals surface area contributed by atoms with Crippen molar-refractivity contribution in [3.8, 4) is 0 Å². The van der Waals surface area contributed by atoms with Gasteiger partial charge in [0.25, 0.3) is 0 Å². The fraction of sp³-hybridized carbons (Fsp3) is 0.0714. The number of hydrogen-bond donors (Lipinski definition) is 2. The Kier molecular flexibility index (Phi) is 3.84. The number of methoxy groups -OCH3 is 1. The lowest BCUT2D eigenvalue weighted by molar-refractivity contribution is 0.0602. The number of carbonyl (C=O) groups is 1. The lowest BCUT2D eigenvalue weighted by Gasteiger charge is -2.12. The van der Waals surface area contributed by atoms with Gasteiger partial charge in [-0.15, -0.1) is 0 Å². The molecule has 0 atom stereocenters. The molecule has 20 heavy (non-hydrogen) atoms. The number of nitrogens with two attached hydrogens (primary N) is 1. The maximum atomic E-state index is 13.6. The van der Waals surface area contributed by atoms with Crippen molar-refractivity contribution in [3.63, 3.8) is 0 Å². The third-order valence-electron chi connectivity index (χ3n) is 2.65. The summed E-state index contributed by atoms with van der Waals surface area (Å²) in [5.41, 5.74) is 6.28. The Morgan fingerprint density at radius 1 is 1.15 bits per heavy atom. The van der Waals surface area contributed by atoms with Crippen molar-refractivity contribution in [1.29, 1.82) is 0 Å². The van der Waals surface area contributed by atoms with Gasteiger partial charge in [-0.3, -0.25) is 0 Å². The molecule has 0 saturated heterocycles. The molecule has 3 N–H and O–H groups in total. The molecule has 0 fully saturated rings. The maximum Gasteiger partial charge on any atom is 0.340 e. The smallest absolute Gasteiger partial charge is 0.340 e. The van der Waals surface area contributed by atoms with Gasteiger partial charge in [0.05, 0.1) is 24.0 Å². The monoisotopic (exact) mass is 278 g/mol. The zero-order valence-corrected chi connectivity index (χ0v) is 10.6. The van der Waals surface area contributed by atoms with Crippen molar-refractivity contribution in [2.24, 2.45) is 0 Å². The second kappa shape index (κ2) is 5.56. The van der Waals surface area contributed by atoms with E-state index in [9.17, 15) is 13.6 Å². The van der Waals surface area contributed by atoms with E-state index in [0.29, 0.717) is 5.69 Å². The summed E-state index contributed by atoms with van der Waals surface area (Å²) >= 11 is 0. The second-order valence-electron chi connectivity index (χ2n) is 4.05. The molecule has 0 aliphatic rings. The Labute approximate surface area is 114 Å². The maximum absolute atomic E-state index is 13.6. The standard InChI is InChI=1S/C14H12F2N2O2/c1-20-14(19)10-7-9(17)3-5-12(10)18-13-6-8(15)2-4-11(13)16/h2-7,18H,17H2,1H3. The van der Waals surface area contributed by atoms with Gasteiger partial charge >= 0.3 is 5.97 Å². The highest BCUT2D eigenvalue weighted by atomic mass is 19.1. The van der Waals surface area contributed by atoms with Gasteiger partial charge < -0.3 is 15.8 Å². The molecule has 104 valence electrons. The van der Waals surface area contributed by atoms with Gasteiger partial charge in [-0.1, -0.05) is 0 Å². The van der Waals surface area contributed by atoms with Crippen LogP contribution in [0.4, 0.5) is 25.8 Å². The minimum Gasteiger partial charge on any atom is -0.465 e. The molecule has 0 unspecified atom stereocenters. The van der Waals surface area contributed by atoms with E-state index >= 15 is 0 Å². The summed E-state index contributed by atoms with van der Waals surface area (Å²) in [6.45, 7) is 0. The minimum absolute atomic E-state index is 0.0834. The number of nitrogen functional groups attached to an aromatic ring is 1. The average molecular weight is 278 g/mol. The Balaban J connectivity index is 2.43. The number of nitrogens with one attached hydrogen (secondary N) is 1. The first-order valence-electron chi connectivity index (χ1n) is 5.71. The molecule has 6 heteroatoms. The van der Waals surface area contributed by atoms with Crippen LogP contribution in [0.5, 0.6) is 0 Å². The van der Waals surface area contributed by atoms with Crippen molar-refractivity contribution in [2.45, 2.75) is 0 Å². The van der Waals surface area contributed by atoms with Crippen LogP contribution in [-0.4, -0.2) is 13.1 Å². The number of carbonyl (C=O) groups excluding carboxylic acids is 1. The quantitative estimate of drug-likeness (QED) is 0.669. The Bertz CT molecular complexity index is 660. The SMILES string of the molecule is COC(=O)c1cc(N)ccc1Nc1cc(F)ccc1F. The number of benzene rings is 2. The molecule has 2 aromatic carbocycles. The predicted molar refractivity (Wildman–Crippen MR) is 71.8 cm³/mol. The lowest BCUT2D eigenvalue weighted by Crippen LogP contribution is -2.07. The van der Waals surface area contributed by atoms with Crippen LogP contribution in [-0.2, 0) is 4.74 Å². The summed E-state index contributed by atoms with van der Waals surface area (Å²) < 4.78 is 31.3. The van der Waals surface area contributed by atoms with Crippen LogP contribution >= 0.6 is 0 Å². The number of halogens is 2. The van der Waals surface area contributed by atoms with Crippen molar-refractivity contribution in [3.05, 3.63) is 53.6 Å². The third kappa shape index (κ3) is 2.85. The fourth-order valence-electron chi connectivity index (χ4n) is 1.69. The Hall–Kier alpha value is -2.63. The van der Waals surface area contributed by atoms with E-state index in [-0.39, 0.29) is 16.9 Å². The molecular weight excluding hydrogens is 266 g/mol. The molecule has 0 bridgehead atoms. The van der Waals surface area contributed by atoms with Gasteiger partial charge in [-0.25, -0.2) is 13.6 Å². The highest BCUT2D eigenvalue weighted by Gasteiger charge is 2.14. The van der Waals surface area contributed by atoms with Crippen LogP contribution in [0.15, 0.2) is 36.4 Å². The van der Waals surface area contributed by atoms with E-state index in [0.717, 1.165) is 18.2 Å². The van der Waals surface area contributed by atoms with Crippen LogP contribution in [0.2, 0.25) is 0 Å². The first kappa shape index (κ1) is 13.8. The van der Waals surface area contributed by atoms with Gasteiger partial charge in [0, 0.05) is 11.8 Å². The summed E-state index contributed by atoms with van der Waals surface area (Å²) in [6, 6.07) is 7.41. The molecule has 4 nitrogen and oxygen atoms in total. The number of rotatable bonds is 3. The molecule has 0 aliphatic heterocycles. The summed E-state index contributed by atoms with van der Waals surface area (Å²) in [6.07, 6.45) is 0. The number of ether oxygens (including phenoxy) is 1. The normalized spacial score (nSPS) is 10.2. The first-order chi connectivity index (χ1) is 9.51. The average Bonchev–Trinajstić information content (AvgIpc) is 2.43. The van der Waals surface area contributed by atoms with E-state index in [2.05, 4.69) is 10.1 Å². The Morgan fingerprint density at radius 3 is 2.60 bits per heavy atom. The van der Waals surface area contributed by atoms with Crippen LogP contribution in [0, 0.1) is 11.6 Å². The first-order valence-corrected chi connectivity index (χ1v) is 5.71. The summed E-state index contributed by atoms with van der Waals surface area (Å²) in [7, 11) is 1.22. The zero-order valence-electron chi connectivity index (χ0n) is 10.6. The van der Waals surface area contributed by atoms with Crippen molar-refractivity contribution >= 4 is 23.0 Å². The molecule has 0 radical (unpaired) electrons. The molecule has 2 rings (SSSR count). The molecular formula is C14H12F2N2O2. The van der Waals surface area contributed by atoms with E-state index in [1.807, 2.05) is 0 Å². The molecule has 2 aromatic rings. The predicted octanol–water partition coefficient (Wildman–Crippen LogP) is 3.08. The summed E-state index contributed by atoms with van der Waals surface area (Å²) in [5.74, 6) is -1.86. The minimum atomic E-state index is -0.640. The topological polar surface area (TPSA) is 64.3 Å². The van der Waals surface area contributed by atoms with Gasteiger partial charge in [0.2, 0.25) is 0 Å². The van der Waals surface area contributed by atoms with Gasteiger partial charge in [-0.2, -0.15) is 0 Å². The largest absolute Gasteiger partial charge is 0.465 e. The van der Waals surface area contributed by atoms with E-state index in [4.69, 9.17) is 5.73 Å². The van der Waals surface area contributed by atoms with Crippen LogP contribution in [0.25, 0.3) is 0 Å². The van der Waals surface area contributed by atoms with Crippen molar-refractivity contribution < 1.29 is 18.3 Å². The van der Waals surface area contributed by atoms with Gasteiger partial charge in [0.15, 0.2) is 0 Å². The van der Waals surface area contributed by atoms with Crippen molar-refractivity contribution in [1.82, 2.24) is 0 Å². The van der Waals surface area contributed by atoms with Crippen LogP contribution < -0.4 is 11.1 Å². The second-order valence-corrected chi connectivity index (χ2v) is 4.05. The Morgan fingerprint density at radius 2 is 1.90 bits per heavy atom. The third-order valence-corrected chi connectivity index (χ3v) is 2.65. The molecule has 0 aliphatic carbocycles. The van der Waals surface area contributed by atoms with Gasteiger partial charge in [0.1, 0.15) is 11.6 Å². The van der Waals surface area contributed by atoms with Crippen LogP contribution in [0.3, 0.4) is 0 Å². The van der Waals surface area contributed by atoms with Crippen molar-refractivity contribution in [2.75, 3.05) is 18.2 Å². The molecule has 0 spiro atoms. The highest BCUT2D eigenvalue weighted by Crippen LogP contribution is 2.26. The van der Waals surface area contributed by atoms with Crippen LogP contribution in [0.1, 0.15) is 10.4 Å². The highest BCUT2D eigenvalue weighted by molar-refractivity contribution is 5.97. The van der Waals surface area contributed by atoms with Gasteiger partial charge in [-0.05, 0) is 30.3 Å². The number of hydrogen-bond acceptors (Lipinski definition) is 4. The van der Waals surface area contributed by atoms with E-state index in [1.54, 1.807) is 0 Å². The lowest BCUT2D eigenvalue weighted by atomic mass is 10.1. The molecule has 0 amide bonds. The van der Waals surface area contributed by atoms with E-state index in [1.165, 1.54) is 25.3 Å². The summed E-state index contributed by atoms with van der Waals surface area (Å²) in [4.78, 5) is 11.6. The summed E-state index contributed by atoms with van der Waals surface area (Å²) in [5, 5.41) is 2.65. The number of anilines is 3. The molecule has 0 saturated carbocycles. The zero-order chi connectivity index (χ0) is 14.7. The molecule has 0 heterocycles. The molecule has 0 aromatic heterocycles. The number of esters is 1. The fourth-order valence-corrected chi connectivity index (χ4v) is 1.69. The van der Waals surface area contributed by atoms with E-state index < -0.39 is 17.6 Å².